The molecule has 0 saturated carbocycles. The van der Waals surface area contributed by atoms with E-state index in [0.717, 1.165) is 12.0 Å². The van der Waals surface area contributed by atoms with Crippen LogP contribution in [0, 0.1) is 23.2 Å². The van der Waals surface area contributed by atoms with Crippen molar-refractivity contribution in [3.05, 3.63) is 24.0 Å². The zero-order valence-electron chi connectivity index (χ0n) is 11.7. The molecule has 2 atom stereocenters. The van der Waals surface area contributed by atoms with Gasteiger partial charge in [0.1, 0.15) is 5.82 Å². The predicted molar refractivity (Wildman–Crippen MR) is 76.6 cm³/mol. The highest BCUT2D eigenvalue weighted by Gasteiger charge is 2.26. The molecule has 0 amide bonds. The molecule has 2 unspecified atom stereocenters. The third kappa shape index (κ3) is 4.91. The van der Waals surface area contributed by atoms with Crippen LogP contribution in [0.4, 0.5) is 0 Å². The van der Waals surface area contributed by atoms with Gasteiger partial charge in [-0.15, -0.1) is 12.5 Å². The summed E-state index contributed by atoms with van der Waals surface area (Å²) in [5, 5.41) is 0. The van der Waals surface area contributed by atoms with Gasteiger partial charge in [-0.25, -0.2) is 4.99 Å². The fourth-order valence-electron chi connectivity index (χ4n) is 1.38. The van der Waals surface area contributed by atoms with Gasteiger partial charge in [0.05, 0.1) is 5.41 Å². The summed E-state index contributed by atoms with van der Waals surface area (Å²) in [5.74, 6) is 7.11. The number of aliphatic imine (C=N–C) groups is 1. The Kier molecular flexibility index (Phi) is 6.35. The van der Waals surface area contributed by atoms with E-state index in [1.54, 1.807) is 0 Å². The molecule has 0 aliphatic heterocycles. The molecule has 0 rings (SSSR count). The second kappa shape index (κ2) is 6.96. The molecule has 2 heteroatoms. The van der Waals surface area contributed by atoms with Gasteiger partial charge in [-0.05, 0) is 45.6 Å². The molecule has 0 fully saturated rings. The summed E-state index contributed by atoms with van der Waals surface area (Å²) >= 11 is 0. The highest BCUT2D eigenvalue weighted by atomic mass is 14.9. The minimum absolute atomic E-state index is 0.261. The average Bonchev–Trinajstić information content (AvgIpc) is 2.26. The summed E-state index contributed by atoms with van der Waals surface area (Å²) in [6.07, 6.45) is 4.68. The van der Waals surface area contributed by atoms with E-state index in [-0.39, 0.29) is 5.41 Å². The minimum Gasteiger partial charge on any atom is -0.384 e. The molecule has 0 spiro atoms. The van der Waals surface area contributed by atoms with E-state index in [1.165, 1.54) is 0 Å². The molecule has 0 bridgehead atoms. The van der Waals surface area contributed by atoms with E-state index in [9.17, 15) is 0 Å². The summed E-state index contributed by atoms with van der Waals surface area (Å²) in [5.41, 5.74) is 6.56. The molecule has 94 valence electrons. The van der Waals surface area contributed by atoms with Crippen LogP contribution in [0.5, 0.6) is 0 Å². The van der Waals surface area contributed by atoms with Crippen molar-refractivity contribution >= 4 is 6.21 Å². The Morgan fingerprint density at radius 2 is 2.12 bits per heavy atom. The number of rotatable bonds is 5. The number of allylic oxidation sites excluding steroid dienone is 2. The summed E-state index contributed by atoms with van der Waals surface area (Å²) in [7, 11) is 0. The molecule has 0 aromatic carbocycles. The lowest BCUT2D eigenvalue weighted by atomic mass is 9.78. The highest BCUT2D eigenvalue weighted by molar-refractivity contribution is 5.71. The summed E-state index contributed by atoms with van der Waals surface area (Å²) in [6, 6.07) is 0. The largest absolute Gasteiger partial charge is 0.384 e. The van der Waals surface area contributed by atoms with E-state index in [2.05, 4.69) is 37.3 Å². The molecule has 0 aromatic heterocycles. The van der Waals surface area contributed by atoms with Crippen molar-refractivity contribution in [3.63, 3.8) is 0 Å². The molecule has 0 radical (unpaired) electrons. The van der Waals surface area contributed by atoms with Gasteiger partial charge >= 0.3 is 0 Å². The second-order valence-corrected chi connectivity index (χ2v) is 4.73. The fourth-order valence-corrected chi connectivity index (χ4v) is 1.38. The number of nitrogens with two attached hydrogens (primary N) is 1. The lowest BCUT2D eigenvalue weighted by molar-refractivity contribution is 0.408. The third-order valence-electron chi connectivity index (χ3n) is 2.92. The van der Waals surface area contributed by atoms with Crippen LogP contribution in [0.2, 0.25) is 0 Å². The molecule has 2 nitrogen and oxygen atoms in total. The second-order valence-electron chi connectivity index (χ2n) is 4.73. The van der Waals surface area contributed by atoms with Crippen molar-refractivity contribution in [1.29, 1.82) is 0 Å². The smallest absolute Gasteiger partial charge is 0.121 e. The maximum Gasteiger partial charge on any atom is 0.121 e. The third-order valence-corrected chi connectivity index (χ3v) is 2.92. The minimum atomic E-state index is -0.261. The highest BCUT2D eigenvalue weighted by Crippen LogP contribution is 2.27. The molecule has 0 aliphatic rings. The predicted octanol–water partition coefficient (Wildman–Crippen LogP) is 3.51. The maximum absolute atomic E-state index is 5.81. The van der Waals surface area contributed by atoms with Gasteiger partial charge in [0.2, 0.25) is 0 Å². The first kappa shape index (κ1) is 15.5. The van der Waals surface area contributed by atoms with Crippen molar-refractivity contribution in [2.45, 2.75) is 41.0 Å². The van der Waals surface area contributed by atoms with Gasteiger partial charge in [-0.3, -0.25) is 0 Å². The topological polar surface area (TPSA) is 38.4 Å². The van der Waals surface area contributed by atoms with Crippen LogP contribution in [-0.4, -0.2) is 6.21 Å². The Morgan fingerprint density at radius 3 is 2.53 bits per heavy atom. The Hall–Kier alpha value is -1.49. The zero-order chi connectivity index (χ0) is 13.5. The summed E-state index contributed by atoms with van der Waals surface area (Å²) < 4.78 is 0. The van der Waals surface area contributed by atoms with E-state index < -0.39 is 0 Å². The van der Waals surface area contributed by atoms with Crippen molar-refractivity contribution in [2.24, 2.45) is 22.1 Å². The molecule has 0 aromatic rings. The van der Waals surface area contributed by atoms with Gasteiger partial charge in [-0.2, -0.15) is 0 Å². The SMILES string of the molecule is C=CCC(C)C(C)(C#CC)C=NC(N)=C(C)C. The first-order valence-electron chi connectivity index (χ1n) is 5.90. The Balaban J connectivity index is 5.15. The summed E-state index contributed by atoms with van der Waals surface area (Å²) in [4.78, 5) is 4.31. The first-order valence-corrected chi connectivity index (χ1v) is 5.90. The van der Waals surface area contributed by atoms with Crippen molar-refractivity contribution in [1.82, 2.24) is 0 Å². The molecule has 0 saturated heterocycles. The van der Waals surface area contributed by atoms with Crippen LogP contribution < -0.4 is 5.73 Å². The molecular formula is C15H24N2. The lowest BCUT2D eigenvalue weighted by Crippen LogP contribution is -2.25. The Bertz CT molecular complexity index is 375. The monoisotopic (exact) mass is 232 g/mol. The molecular weight excluding hydrogens is 208 g/mol. The van der Waals surface area contributed by atoms with Gasteiger partial charge in [0.25, 0.3) is 0 Å². The van der Waals surface area contributed by atoms with Crippen LogP contribution in [-0.2, 0) is 0 Å². The van der Waals surface area contributed by atoms with Crippen molar-refractivity contribution in [2.75, 3.05) is 0 Å². The Morgan fingerprint density at radius 1 is 1.53 bits per heavy atom. The van der Waals surface area contributed by atoms with Crippen LogP contribution >= 0.6 is 0 Å². The van der Waals surface area contributed by atoms with Crippen LogP contribution in [0.1, 0.15) is 41.0 Å². The standard InChI is InChI=1S/C15H24N2/c1-7-9-13(5)15(6,10-8-2)11-17-14(16)12(3)4/h7,11,13H,1,9,16H2,2-6H3. The average molecular weight is 232 g/mol. The van der Waals surface area contributed by atoms with Crippen LogP contribution in [0.3, 0.4) is 0 Å². The van der Waals surface area contributed by atoms with Crippen LogP contribution in [0.25, 0.3) is 0 Å². The lowest BCUT2D eigenvalue weighted by Gasteiger charge is -2.25. The first-order chi connectivity index (χ1) is 7.87. The van der Waals surface area contributed by atoms with Crippen LogP contribution in [0.15, 0.2) is 29.0 Å². The number of hydrogen-bond acceptors (Lipinski definition) is 2. The number of nitrogens with zero attached hydrogens (tertiary/aromatic N) is 1. The van der Waals surface area contributed by atoms with Gasteiger partial charge < -0.3 is 5.73 Å². The van der Waals surface area contributed by atoms with E-state index in [4.69, 9.17) is 5.73 Å². The normalized spacial score (nSPS) is 15.6. The van der Waals surface area contributed by atoms with Gasteiger partial charge in [0, 0.05) is 6.21 Å². The van der Waals surface area contributed by atoms with Gasteiger partial charge in [0.15, 0.2) is 0 Å². The van der Waals surface area contributed by atoms with Crippen molar-refractivity contribution < 1.29 is 0 Å². The molecule has 0 heterocycles. The Labute approximate surface area is 106 Å². The van der Waals surface area contributed by atoms with E-state index >= 15 is 0 Å². The molecule has 0 aliphatic carbocycles. The zero-order valence-corrected chi connectivity index (χ0v) is 11.7. The number of hydrogen-bond donors (Lipinski definition) is 1. The molecule has 17 heavy (non-hydrogen) atoms. The van der Waals surface area contributed by atoms with E-state index in [0.29, 0.717) is 11.7 Å². The molecule has 2 N–H and O–H groups in total. The van der Waals surface area contributed by atoms with Crippen molar-refractivity contribution in [3.8, 4) is 11.8 Å². The van der Waals surface area contributed by atoms with E-state index in [1.807, 2.05) is 33.1 Å². The summed E-state index contributed by atoms with van der Waals surface area (Å²) in [6.45, 7) is 13.7. The maximum atomic E-state index is 5.81. The van der Waals surface area contributed by atoms with Gasteiger partial charge in [-0.1, -0.05) is 18.9 Å². The quantitative estimate of drug-likeness (QED) is 0.440. The fraction of sp³-hybridized carbons (Fsp3) is 0.533.